The van der Waals surface area contributed by atoms with E-state index in [4.69, 9.17) is 4.74 Å². The molecule has 0 heterocycles. The van der Waals surface area contributed by atoms with E-state index >= 15 is 0 Å². The maximum Gasteiger partial charge on any atom is 0.310 e. The molecule has 0 amide bonds. The van der Waals surface area contributed by atoms with Crippen molar-refractivity contribution in [3.63, 3.8) is 0 Å². The first kappa shape index (κ1) is 14.7. The number of hydrogen-bond donors (Lipinski definition) is 1. The second kappa shape index (κ2) is 6.57. The summed E-state index contributed by atoms with van der Waals surface area (Å²) in [7, 11) is 0. The van der Waals surface area contributed by atoms with Crippen LogP contribution < -0.4 is 0 Å². The second-order valence-corrected chi connectivity index (χ2v) is 5.03. The molecular formula is C14H22O4. The van der Waals surface area contributed by atoms with Gasteiger partial charge in [0.05, 0.1) is 17.9 Å². The van der Waals surface area contributed by atoms with E-state index < -0.39 is 17.8 Å². The molecule has 0 fully saturated rings. The van der Waals surface area contributed by atoms with Crippen LogP contribution in [-0.4, -0.2) is 23.1 Å². The van der Waals surface area contributed by atoms with Crippen molar-refractivity contribution in [1.29, 1.82) is 0 Å². The molecule has 1 aliphatic carbocycles. The molecule has 0 bridgehead atoms. The highest BCUT2D eigenvalue weighted by molar-refractivity contribution is 5.82. The summed E-state index contributed by atoms with van der Waals surface area (Å²) in [5, 5.41) is 9.22. The van der Waals surface area contributed by atoms with Gasteiger partial charge in [-0.05, 0) is 25.7 Å². The summed E-state index contributed by atoms with van der Waals surface area (Å²) in [6.07, 6.45) is 5.80. The van der Waals surface area contributed by atoms with Gasteiger partial charge in [-0.3, -0.25) is 9.59 Å². The minimum atomic E-state index is -0.919. The molecule has 0 aromatic heterocycles. The fourth-order valence-corrected chi connectivity index (χ4v) is 2.46. The molecule has 102 valence electrons. The van der Waals surface area contributed by atoms with Crippen LogP contribution in [0.25, 0.3) is 0 Å². The average molecular weight is 254 g/mol. The van der Waals surface area contributed by atoms with Gasteiger partial charge >= 0.3 is 11.9 Å². The van der Waals surface area contributed by atoms with Gasteiger partial charge in [-0.15, -0.1) is 0 Å². The number of carbonyl (C=O) groups is 2. The summed E-state index contributed by atoms with van der Waals surface area (Å²) in [5.74, 6) is -2.65. The Bertz CT molecular complexity index is 335. The van der Waals surface area contributed by atoms with Gasteiger partial charge in [-0.2, -0.15) is 0 Å². The van der Waals surface area contributed by atoms with Crippen LogP contribution in [0.2, 0.25) is 0 Å². The molecule has 1 aliphatic rings. The van der Waals surface area contributed by atoms with Gasteiger partial charge in [0.2, 0.25) is 0 Å². The third kappa shape index (κ3) is 3.59. The molecule has 0 aliphatic heterocycles. The zero-order valence-electron chi connectivity index (χ0n) is 11.3. The van der Waals surface area contributed by atoms with Crippen molar-refractivity contribution < 1.29 is 19.4 Å². The predicted octanol–water partition coefficient (Wildman–Crippen LogP) is 2.63. The third-order valence-corrected chi connectivity index (χ3v) is 3.43. The number of hydrogen-bond acceptors (Lipinski definition) is 3. The van der Waals surface area contributed by atoms with Gasteiger partial charge < -0.3 is 9.84 Å². The van der Waals surface area contributed by atoms with E-state index in [0.717, 1.165) is 12.8 Å². The van der Waals surface area contributed by atoms with E-state index in [1.165, 1.54) is 0 Å². The van der Waals surface area contributed by atoms with Crippen molar-refractivity contribution in [3.8, 4) is 0 Å². The lowest BCUT2D eigenvalue weighted by atomic mass is 9.76. The number of carboxylic acid groups (broad SMARTS) is 1. The normalized spacial score (nSPS) is 28.7. The summed E-state index contributed by atoms with van der Waals surface area (Å²) in [4.78, 5) is 23.3. The van der Waals surface area contributed by atoms with Gasteiger partial charge in [-0.1, -0.05) is 32.4 Å². The first-order chi connectivity index (χ1) is 8.47. The molecular weight excluding hydrogens is 232 g/mol. The molecule has 0 aromatic carbocycles. The molecule has 4 heteroatoms. The van der Waals surface area contributed by atoms with E-state index in [2.05, 4.69) is 0 Å². The van der Waals surface area contributed by atoms with Gasteiger partial charge in [-0.25, -0.2) is 0 Å². The summed E-state index contributed by atoms with van der Waals surface area (Å²) in [5.41, 5.74) is 0. The molecule has 1 N–H and O–H groups in total. The fourth-order valence-electron chi connectivity index (χ4n) is 2.46. The molecule has 1 rings (SSSR count). The number of aliphatic carboxylic acids is 1. The molecule has 4 nitrogen and oxygen atoms in total. The van der Waals surface area contributed by atoms with Crippen LogP contribution in [0, 0.1) is 17.8 Å². The molecule has 4 atom stereocenters. The molecule has 0 aromatic rings. The lowest BCUT2D eigenvalue weighted by Gasteiger charge is -2.29. The van der Waals surface area contributed by atoms with Crippen LogP contribution in [0.4, 0.5) is 0 Å². The summed E-state index contributed by atoms with van der Waals surface area (Å²) in [6.45, 7) is 5.69. The minimum Gasteiger partial charge on any atom is -0.481 e. The Kier molecular flexibility index (Phi) is 5.38. The number of ether oxygens (including phenoxy) is 1. The van der Waals surface area contributed by atoms with Crippen molar-refractivity contribution in [2.45, 2.75) is 46.1 Å². The maximum atomic E-state index is 12.0. The van der Waals surface area contributed by atoms with Gasteiger partial charge in [0, 0.05) is 0 Å². The molecule has 0 saturated heterocycles. The Morgan fingerprint density at radius 3 is 2.72 bits per heavy atom. The average Bonchev–Trinajstić information content (AvgIpc) is 2.28. The summed E-state index contributed by atoms with van der Waals surface area (Å²) in [6, 6.07) is 0. The van der Waals surface area contributed by atoms with Crippen LogP contribution >= 0.6 is 0 Å². The van der Waals surface area contributed by atoms with Gasteiger partial charge in [0.1, 0.15) is 0 Å². The SMILES string of the molecule is CCCC(C)OC(=O)C1CC=CC(C)C1C(=O)O. The van der Waals surface area contributed by atoms with E-state index in [-0.39, 0.29) is 18.0 Å². The first-order valence-electron chi connectivity index (χ1n) is 6.57. The van der Waals surface area contributed by atoms with Crippen molar-refractivity contribution >= 4 is 11.9 Å². The standard InChI is InChI=1S/C14H22O4/c1-4-6-10(3)18-14(17)11-8-5-7-9(2)12(11)13(15)16/h5,7,9-12H,4,6,8H2,1-3H3,(H,15,16). The Hall–Kier alpha value is -1.32. The fraction of sp³-hybridized carbons (Fsp3) is 0.714. The van der Waals surface area contributed by atoms with Crippen molar-refractivity contribution in [2.75, 3.05) is 0 Å². The number of carboxylic acids is 1. The van der Waals surface area contributed by atoms with Crippen LogP contribution in [0.1, 0.15) is 40.0 Å². The molecule has 0 radical (unpaired) electrons. The Morgan fingerprint density at radius 1 is 1.50 bits per heavy atom. The van der Waals surface area contributed by atoms with Gasteiger partial charge in [0.15, 0.2) is 0 Å². The lowest BCUT2D eigenvalue weighted by Crippen LogP contribution is -2.37. The smallest absolute Gasteiger partial charge is 0.310 e. The summed E-state index contributed by atoms with van der Waals surface area (Å²) < 4.78 is 5.32. The van der Waals surface area contributed by atoms with Crippen molar-refractivity contribution in [2.24, 2.45) is 17.8 Å². The Morgan fingerprint density at radius 2 is 2.17 bits per heavy atom. The summed E-state index contributed by atoms with van der Waals surface area (Å²) >= 11 is 0. The first-order valence-corrected chi connectivity index (χ1v) is 6.57. The number of allylic oxidation sites excluding steroid dienone is 2. The molecule has 0 saturated carbocycles. The highest BCUT2D eigenvalue weighted by Crippen LogP contribution is 2.31. The lowest BCUT2D eigenvalue weighted by molar-refractivity contribution is -0.162. The third-order valence-electron chi connectivity index (χ3n) is 3.43. The van der Waals surface area contributed by atoms with Crippen LogP contribution in [-0.2, 0) is 14.3 Å². The maximum absolute atomic E-state index is 12.0. The quantitative estimate of drug-likeness (QED) is 0.605. The topological polar surface area (TPSA) is 63.6 Å². The van der Waals surface area contributed by atoms with Crippen molar-refractivity contribution in [3.05, 3.63) is 12.2 Å². The predicted molar refractivity (Wildman–Crippen MR) is 68.0 cm³/mol. The monoisotopic (exact) mass is 254 g/mol. The Balaban J connectivity index is 2.71. The van der Waals surface area contributed by atoms with E-state index in [1.54, 1.807) is 0 Å². The largest absolute Gasteiger partial charge is 0.481 e. The number of esters is 1. The minimum absolute atomic E-state index is 0.129. The number of rotatable bonds is 5. The van der Waals surface area contributed by atoms with Crippen molar-refractivity contribution in [1.82, 2.24) is 0 Å². The molecule has 18 heavy (non-hydrogen) atoms. The van der Waals surface area contributed by atoms with E-state index in [9.17, 15) is 14.7 Å². The van der Waals surface area contributed by atoms with Gasteiger partial charge in [0.25, 0.3) is 0 Å². The Labute approximate surface area is 108 Å². The highest BCUT2D eigenvalue weighted by Gasteiger charge is 2.39. The van der Waals surface area contributed by atoms with Crippen LogP contribution in [0.3, 0.4) is 0 Å². The molecule has 0 spiro atoms. The second-order valence-electron chi connectivity index (χ2n) is 5.03. The van der Waals surface area contributed by atoms with Crippen LogP contribution in [0.5, 0.6) is 0 Å². The van der Waals surface area contributed by atoms with E-state index in [0.29, 0.717) is 6.42 Å². The number of carbonyl (C=O) groups excluding carboxylic acids is 1. The highest BCUT2D eigenvalue weighted by atomic mass is 16.5. The van der Waals surface area contributed by atoms with Crippen LogP contribution in [0.15, 0.2) is 12.2 Å². The zero-order chi connectivity index (χ0) is 13.7. The zero-order valence-corrected chi connectivity index (χ0v) is 11.3. The molecule has 4 unspecified atom stereocenters. The van der Waals surface area contributed by atoms with E-state index in [1.807, 2.05) is 32.9 Å².